The van der Waals surface area contributed by atoms with E-state index in [1.165, 1.54) is 23.4 Å². The number of fused-ring (bicyclic) bond motifs is 1. The van der Waals surface area contributed by atoms with Crippen LogP contribution in [0.1, 0.15) is 31.2 Å². The Bertz CT molecular complexity index is 1110. The molecule has 0 bridgehead atoms. The van der Waals surface area contributed by atoms with Crippen LogP contribution in [0.4, 0.5) is 0 Å². The van der Waals surface area contributed by atoms with Gasteiger partial charge in [0.15, 0.2) is 5.65 Å². The number of halogens is 1. The van der Waals surface area contributed by atoms with Crippen LogP contribution in [-0.4, -0.2) is 19.1 Å². The average molecular weight is 405 g/mol. The zero-order chi connectivity index (χ0) is 19.6. The van der Waals surface area contributed by atoms with E-state index in [0.29, 0.717) is 39.1 Å². The third-order valence-corrected chi connectivity index (χ3v) is 5.78. The number of hydrogen-bond acceptors (Lipinski definition) is 5. The molecule has 2 heterocycles. The van der Waals surface area contributed by atoms with Gasteiger partial charge in [-0.3, -0.25) is 13.9 Å². The summed E-state index contributed by atoms with van der Waals surface area (Å²) in [7, 11) is 3.10. The van der Waals surface area contributed by atoms with Crippen LogP contribution >= 0.6 is 23.4 Å². The molecule has 0 fully saturated rings. The minimum atomic E-state index is -0.394. The Morgan fingerprint density at radius 2 is 1.85 bits per heavy atom. The van der Waals surface area contributed by atoms with E-state index < -0.39 is 5.69 Å². The zero-order valence-corrected chi connectivity index (χ0v) is 17.1. The number of nitrogens with zero attached hydrogens (tertiary/aromatic N) is 4. The van der Waals surface area contributed by atoms with Crippen LogP contribution in [0.15, 0.2) is 38.9 Å². The van der Waals surface area contributed by atoms with Crippen LogP contribution in [0.25, 0.3) is 11.0 Å². The first kappa shape index (κ1) is 19.6. The molecule has 8 heteroatoms. The van der Waals surface area contributed by atoms with E-state index in [0.717, 1.165) is 23.0 Å². The first-order valence-corrected chi connectivity index (χ1v) is 10.1. The summed E-state index contributed by atoms with van der Waals surface area (Å²) in [4.78, 5) is 34.2. The number of rotatable bonds is 6. The first-order chi connectivity index (χ1) is 12.9. The number of aryl methyl sites for hydroxylation is 2. The molecule has 0 unspecified atom stereocenters. The summed E-state index contributed by atoms with van der Waals surface area (Å²) in [5.74, 6) is 1.22. The van der Waals surface area contributed by atoms with Gasteiger partial charge < -0.3 is 0 Å². The molecule has 1 aromatic carbocycles. The third kappa shape index (κ3) is 3.94. The largest absolute Gasteiger partial charge is 0.332 e. The van der Waals surface area contributed by atoms with Crippen molar-refractivity contribution in [3.63, 3.8) is 0 Å². The molecule has 0 atom stereocenters. The molecular formula is C19H21ClN4O2S. The van der Waals surface area contributed by atoms with Gasteiger partial charge in [0.1, 0.15) is 16.2 Å². The Morgan fingerprint density at radius 1 is 1.11 bits per heavy atom. The molecule has 0 saturated carbocycles. The minimum absolute atomic E-state index is 0.372. The second kappa shape index (κ2) is 8.27. The molecule has 6 nitrogen and oxygen atoms in total. The number of benzene rings is 1. The summed E-state index contributed by atoms with van der Waals surface area (Å²) in [6, 6.07) is 7.59. The summed E-state index contributed by atoms with van der Waals surface area (Å²) in [5.41, 5.74) is 0.574. The van der Waals surface area contributed by atoms with Gasteiger partial charge >= 0.3 is 5.69 Å². The molecule has 3 aromatic rings. The molecule has 0 aliphatic heterocycles. The Kier molecular flexibility index (Phi) is 6.01. The summed E-state index contributed by atoms with van der Waals surface area (Å²) in [6.45, 7) is 2.10. The normalized spacial score (nSPS) is 11.3. The van der Waals surface area contributed by atoms with Crippen molar-refractivity contribution >= 4 is 34.4 Å². The van der Waals surface area contributed by atoms with Gasteiger partial charge in [-0.05, 0) is 18.1 Å². The van der Waals surface area contributed by atoms with Crippen molar-refractivity contribution in [3.8, 4) is 0 Å². The molecule has 0 spiro atoms. The van der Waals surface area contributed by atoms with Crippen molar-refractivity contribution in [2.75, 3.05) is 0 Å². The van der Waals surface area contributed by atoms with Crippen LogP contribution in [0.3, 0.4) is 0 Å². The molecule has 0 aliphatic carbocycles. The van der Waals surface area contributed by atoms with E-state index >= 15 is 0 Å². The van der Waals surface area contributed by atoms with Gasteiger partial charge in [-0.2, -0.15) is 0 Å². The van der Waals surface area contributed by atoms with Crippen molar-refractivity contribution in [1.82, 2.24) is 19.1 Å². The summed E-state index contributed by atoms with van der Waals surface area (Å²) < 4.78 is 2.50. The molecule has 0 saturated heterocycles. The fourth-order valence-corrected chi connectivity index (χ4v) is 4.10. The lowest BCUT2D eigenvalue weighted by molar-refractivity contribution is 0.690. The van der Waals surface area contributed by atoms with Crippen molar-refractivity contribution in [2.24, 2.45) is 14.1 Å². The van der Waals surface area contributed by atoms with E-state index in [4.69, 9.17) is 11.6 Å². The second-order valence-corrected chi connectivity index (χ2v) is 7.70. The van der Waals surface area contributed by atoms with Crippen LogP contribution < -0.4 is 11.2 Å². The molecule has 27 heavy (non-hydrogen) atoms. The Hall–Kier alpha value is -2.12. The maximum absolute atomic E-state index is 12.8. The van der Waals surface area contributed by atoms with Crippen molar-refractivity contribution in [3.05, 3.63) is 61.5 Å². The second-order valence-electron chi connectivity index (χ2n) is 6.33. The number of aromatic nitrogens is 4. The van der Waals surface area contributed by atoms with Crippen LogP contribution in [0.2, 0.25) is 5.02 Å². The van der Waals surface area contributed by atoms with Gasteiger partial charge in [0.2, 0.25) is 0 Å². The molecule has 3 rings (SSSR count). The molecule has 0 amide bonds. The van der Waals surface area contributed by atoms with E-state index in [-0.39, 0.29) is 5.56 Å². The fourth-order valence-electron chi connectivity index (χ4n) is 2.78. The van der Waals surface area contributed by atoms with Gasteiger partial charge in [-0.25, -0.2) is 14.8 Å². The molecule has 0 aliphatic rings. The lowest BCUT2D eigenvalue weighted by Crippen LogP contribution is -2.37. The fraction of sp³-hybridized carbons (Fsp3) is 0.368. The Balaban J connectivity index is 2.15. The molecule has 0 N–H and O–H groups in total. The number of thioether (sulfide) groups is 1. The summed E-state index contributed by atoms with van der Waals surface area (Å²) in [6.07, 6.45) is 2.66. The summed E-state index contributed by atoms with van der Waals surface area (Å²) >= 11 is 7.69. The van der Waals surface area contributed by atoms with Gasteiger partial charge in [0.05, 0.1) is 0 Å². The van der Waals surface area contributed by atoms with Crippen LogP contribution in [0.5, 0.6) is 0 Å². The lowest BCUT2D eigenvalue weighted by atomic mass is 10.2. The van der Waals surface area contributed by atoms with Crippen LogP contribution in [-0.2, 0) is 26.3 Å². The predicted octanol–water partition coefficient (Wildman–Crippen LogP) is 3.32. The summed E-state index contributed by atoms with van der Waals surface area (Å²) in [5, 5.41) is 1.63. The van der Waals surface area contributed by atoms with Crippen molar-refractivity contribution in [1.29, 1.82) is 0 Å². The third-order valence-electron chi connectivity index (χ3n) is 4.39. The number of hydrogen-bond donors (Lipinski definition) is 0. The maximum Gasteiger partial charge on any atom is 0.332 e. The SMILES string of the molecule is CCCCc1nc(SCc2ccccc2Cl)c2c(=O)n(C)c(=O)n(C)c2n1. The van der Waals surface area contributed by atoms with Crippen LogP contribution in [0, 0.1) is 0 Å². The van der Waals surface area contributed by atoms with E-state index in [1.54, 1.807) is 7.05 Å². The quantitative estimate of drug-likeness (QED) is 0.465. The highest BCUT2D eigenvalue weighted by Gasteiger charge is 2.17. The topological polar surface area (TPSA) is 69.8 Å². The molecule has 142 valence electrons. The van der Waals surface area contributed by atoms with Crippen molar-refractivity contribution < 1.29 is 0 Å². The smallest absolute Gasteiger partial charge is 0.280 e. The van der Waals surface area contributed by atoms with E-state index in [1.807, 2.05) is 24.3 Å². The predicted molar refractivity (Wildman–Crippen MR) is 110 cm³/mol. The monoisotopic (exact) mass is 404 g/mol. The Morgan fingerprint density at radius 3 is 2.56 bits per heavy atom. The Labute approximate surface area is 166 Å². The first-order valence-electron chi connectivity index (χ1n) is 8.76. The standard InChI is InChI=1S/C19H21ClN4O2S/c1-4-5-10-14-21-16-15(18(25)24(3)19(26)23(16)2)17(22-14)27-11-12-8-6-7-9-13(12)20/h6-9H,4-5,10-11H2,1-3H3. The maximum atomic E-state index is 12.8. The lowest BCUT2D eigenvalue weighted by Gasteiger charge is -2.12. The highest BCUT2D eigenvalue weighted by atomic mass is 35.5. The minimum Gasteiger partial charge on any atom is -0.280 e. The van der Waals surface area contributed by atoms with Gasteiger partial charge in [0, 0.05) is 31.3 Å². The molecule has 2 aromatic heterocycles. The van der Waals surface area contributed by atoms with Gasteiger partial charge in [0.25, 0.3) is 5.56 Å². The van der Waals surface area contributed by atoms with E-state index in [9.17, 15) is 9.59 Å². The van der Waals surface area contributed by atoms with Gasteiger partial charge in [-0.15, -0.1) is 11.8 Å². The average Bonchev–Trinajstić information content (AvgIpc) is 2.68. The molecular weight excluding hydrogens is 384 g/mol. The highest BCUT2D eigenvalue weighted by molar-refractivity contribution is 7.98. The number of unbranched alkanes of at least 4 members (excludes halogenated alkanes) is 1. The molecule has 0 radical (unpaired) electrons. The van der Waals surface area contributed by atoms with E-state index in [2.05, 4.69) is 16.9 Å². The van der Waals surface area contributed by atoms with Crippen molar-refractivity contribution in [2.45, 2.75) is 37.0 Å². The zero-order valence-electron chi connectivity index (χ0n) is 15.5. The van der Waals surface area contributed by atoms with Gasteiger partial charge in [-0.1, -0.05) is 43.1 Å². The highest BCUT2D eigenvalue weighted by Crippen LogP contribution is 2.28.